The summed E-state index contributed by atoms with van der Waals surface area (Å²) < 4.78 is 16.2. The van der Waals surface area contributed by atoms with Crippen LogP contribution in [-0.4, -0.2) is 0 Å². The molecule has 0 bridgehead atoms. The van der Waals surface area contributed by atoms with E-state index in [1.165, 1.54) is 0 Å². The van der Waals surface area contributed by atoms with Crippen LogP contribution in [0.15, 0.2) is 78.9 Å². The van der Waals surface area contributed by atoms with Crippen LogP contribution < -0.4 is 12.5 Å². The highest BCUT2D eigenvalue weighted by atomic mass is 32.1. The maximum absolute atomic E-state index is 5.49. The predicted molar refractivity (Wildman–Crippen MR) is 124 cm³/mol. The third-order valence-electron chi connectivity index (χ3n) is 4.62. The standard InChI is InChI=1S/C22H16O3S3/c26-23-20-11-10-15(14-6-2-1-3-7-14)12-18(20)19-13-21(24-27)16-8-4-5-9-17(16)22(19)25-28/h1-13,26-28H. The van der Waals surface area contributed by atoms with Gasteiger partial charge in [0.1, 0.15) is 11.5 Å². The van der Waals surface area contributed by atoms with E-state index in [4.69, 9.17) is 12.5 Å². The summed E-state index contributed by atoms with van der Waals surface area (Å²) in [5, 5.41) is 1.73. The van der Waals surface area contributed by atoms with Crippen LogP contribution in [0.4, 0.5) is 0 Å². The summed E-state index contributed by atoms with van der Waals surface area (Å²) in [6, 6.07) is 25.6. The van der Waals surface area contributed by atoms with Crippen LogP contribution in [0.3, 0.4) is 0 Å². The molecule has 0 aliphatic heterocycles. The van der Waals surface area contributed by atoms with E-state index in [1.807, 2.05) is 66.7 Å². The lowest BCUT2D eigenvalue weighted by atomic mass is 9.95. The zero-order valence-electron chi connectivity index (χ0n) is 14.6. The van der Waals surface area contributed by atoms with Gasteiger partial charge in [0.2, 0.25) is 0 Å². The third-order valence-corrected chi connectivity index (χ3v) is 5.20. The zero-order valence-corrected chi connectivity index (χ0v) is 17.3. The van der Waals surface area contributed by atoms with Gasteiger partial charge in [0, 0.05) is 60.6 Å². The molecule has 0 atom stereocenters. The average Bonchev–Trinajstić information content (AvgIpc) is 2.78. The van der Waals surface area contributed by atoms with Crippen LogP contribution in [0.1, 0.15) is 0 Å². The monoisotopic (exact) mass is 424 g/mol. The fourth-order valence-electron chi connectivity index (χ4n) is 3.32. The summed E-state index contributed by atoms with van der Waals surface area (Å²) in [5.41, 5.74) is 3.70. The molecule has 6 heteroatoms. The minimum Gasteiger partial charge on any atom is -0.428 e. The summed E-state index contributed by atoms with van der Waals surface area (Å²) in [6.45, 7) is 0. The highest BCUT2D eigenvalue weighted by Gasteiger charge is 2.19. The number of thiol groups is 3. The smallest absolute Gasteiger partial charge is 0.153 e. The first-order chi connectivity index (χ1) is 13.8. The van der Waals surface area contributed by atoms with Crippen molar-refractivity contribution >= 4 is 49.5 Å². The van der Waals surface area contributed by atoms with E-state index in [0.717, 1.165) is 33.0 Å². The molecule has 0 amide bonds. The second-order valence-corrected chi connectivity index (χ2v) is 6.70. The number of fused-ring (bicyclic) bond motifs is 1. The highest BCUT2D eigenvalue weighted by molar-refractivity contribution is 7.75. The van der Waals surface area contributed by atoms with Gasteiger partial charge in [0.15, 0.2) is 5.75 Å². The van der Waals surface area contributed by atoms with E-state index in [1.54, 1.807) is 0 Å². The fourth-order valence-corrected chi connectivity index (χ4v) is 3.83. The Hall–Kier alpha value is -2.41. The Labute approximate surface area is 180 Å². The van der Waals surface area contributed by atoms with Crippen molar-refractivity contribution in [3.05, 3.63) is 78.9 Å². The molecule has 0 aliphatic rings. The van der Waals surface area contributed by atoms with Crippen LogP contribution in [-0.2, 0) is 0 Å². The van der Waals surface area contributed by atoms with E-state index < -0.39 is 0 Å². The molecule has 0 N–H and O–H groups in total. The Balaban J connectivity index is 2.01. The van der Waals surface area contributed by atoms with Crippen LogP contribution in [0.5, 0.6) is 17.2 Å². The summed E-state index contributed by atoms with van der Waals surface area (Å²) in [7, 11) is 0. The zero-order chi connectivity index (χ0) is 19.5. The van der Waals surface area contributed by atoms with Gasteiger partial charge >= 0.3 is 0 Å². The Bertz CT molecular complexity index is 1130. The Morgan fingerprint density at radius 2 is 1.18 bits per heavy atom. The third kappa shape index (κ3) is 3.39. The lowest BCUT2D eigenvalue weighted by Crippen LogP contribution is -1.92. The molecule has 0 fully saturated rings. The molecule has 4 aromatic rings. The molecule has 3 nitrogen and oxygen atoms in total. The van der Waals surface area contributed by atoms with Crippen LogP contribution in [0.2, 0.25) is 0 Å². The SMILES string of the molecule is SOc1ccc(-c2ccccc2)cc1-c1cc(OS)c2ccccc2c1OS. The molecule has 28 heavy (non-hydrogen) atoms. The van der Waals surface area contributed by atoms with Gasteiger partial charge in [-0.2, -0.15) is 0 Å². The molecule has 0 saturated carbocycles. The van der Waals surface area contributed by atoms with Crippen molar-refractivity contribution in [1.29, 1.82) is 0 Å². The quantitative estimate of drug-likeness (QED) is 0.242. The summed E-state index contributed by atoms with van der Waals surface area (Å²) in [4.78, 5) is 0. The summed E-state index contributed by atoms with van der Waals surface area (Å²) in [6.07, 6.45) is 0. The molecule has 0 spiro atoms. The minimum absolute atomic E-state index is 0.593. The first-order valence-corrected chi connectivity index (χ1v) is 9.56. The lowest BCUT2D eigenvalue weighted by Gasteiger charge is -2.16. The average molecular weight is 425 g/mol. The first kappa shape index (κ1) is 18.9. The molecular formula is C22H16O3S3. The van der Waals surface area contributed by atoms with Crippen molar-refractivity contribution in [3.8, 4) is 39.5 Å². The maximum atomic E-state index is 5.49. The van der Waals surface area contributed by atoms with Gasteiger partial charge in [-0.05, 0) is 29.3 Å². The highest BCUT2D eigenvalue weighted by Crippen LogP contribution is 2.46. The van der Waals surface area contributed by atoms with Gasteiger partial charge in [-0.3, -0.25) is 0 Å². The van der Waals surface area contributed by atoms with E-state index in [9.17, 15) is 0 Å². The molecule has 140 valence electrons. The largest absolute Gasteiger partial charge is 0.428 e. The van der Waals surface area contributed by atoms with Crippen molar-refractivity contribution in [2.75, 3.05) is 0 Å². The molecule has 0 heterocycles. The van der Waals surface area contributed by atoms with Gasteiger partial charge in [0.25, 0.3) is 0 Å². The van der Waals surface area contributed by atoms with Gasteiger partial charge in [-0.25, -0.2) is 0 Å². The van der Waals surface area contributed by atoms with Crippen LogP contribution in [0, 0.1) is 0 Å². The van der Waals surface area contributed by atoms with Gasteiger partial charge in [-0.1, -0.05) is 60.7 Å². The number of rotatable bonds is 5. The van der Waals surface area contributed by atoms with Crippen molar-refractivity contribution < 1.29 is 12.5 Å². The number of benzene rings is 4. The normalized spacial score (nSPS) is 10.7. The van der Waals surface area contributed by atoms with E-state index in [-0.39, 0.29) is 0 Å². The molecular weight excluding hydrogens is 408 g/mol. The van der Waals surface area contributed by atoms with Crippen LogP contribution >= 0.6 is 38.7 Å². The topological polar surface area (TPSA) is 27.7 Å². The van der Waals surface area contributed by atoms with Gasteiger partial charge in [0.05, 0.1) is 0 Å². The molecule has 4 rings (SSSR count). The van der Waals surface area contributed by atoms with E-state index in [0.29, 0.717) is 17.2 Å². The van der Waals surface area contributed by atoms with Crippen molar-refractivity contribution in [2.24, 2.45) is 0 Å². The van der Waals surface area contributed by atoms with E-state index >= 15 is 0 Å². The second kappa shape index (κ2) is 8.31. The van der Waals surface area contributed by atoms with E-state index in [2.05, 4.69) is 50.9 Å². The Morgan fingerprint density at radius 3 is 1.86 bits per heavy atom. The maximum Gasteiger partial charge on any atom is 0.153 e. The van der Waals surface area contributed by atoms with Crippen molar-refractivity contribution in [1.82, 2.24) is 0 Å². The predicted octanol–water partition coefficient (Wildman–Crippen LogP) is 6.84. The van der Waals surface area contributed by atoms with Gasteiger partial charge < -0.3 is 12.5 Å². The molecule has 0 aromatic heterocycles. The Morgan fingerprint density at radius 1 is 0.500 bits per heavy atom. The lowest BCUT2D eigenvalue weighted by molar-refractivity contribution is 0.648. The summed E-state index contributed by atoms with van der Waals surface area (Å²) >= 11 is 12.2. The molecule has 0 saturated heterocycles. The molecule has 0 radical (unpaired) electrons. The first-order valence-electron chi connectivity index (χ1n) is 8.46. The van der Waals surface area contributed by atoms with Crippen molar-refractivity contribution in [2.45, 2.75) is 0 Å². The number of hydrogen-bond donors (Lipinski definition) is 3. The summed E-state index contributed by atoms with van der Waals surface area (Å²) in [5.74, 6) is 1.80. The Kier molecular flexibility index (Phi) is 5.62. The van der Waals surface area contributed by atoms with Crippen LogP contribution in [0.25, 0.3) is 33.0 Å². The van der Waals surface area contributed by atoms with Gasteiger partial charge in [-0.15, -0.1) is 0 Å². The number of hydrogen-bond acceptors (Lipinski definition) is 6. The van der Waals surface area contributed by atoms with Crippen molar-refractivity contribution in [3.63, 3.8) is 0 Å². The molecule has 0 aliphatic carbocycles. The molecule has 4 aromatic carbocycles. The fraction of sp³-hybridized carbons (Fsp3) is 0. The molecule has 0 unspecified atom stereocenters. The second-order valence-electron chi connectivity index (χ2n) is 6.15. The minimum atomic E-state index is 0.593.